The van der Waals surface area contributed by atoms with Crippen LogP contribution < -0.4 is 21.7 Å². The van der Waals surface area contributed by atoms with Crippen LogP contribution in [0.1, 0.15) is 34.6 Å². The SMILES string of the molecule is Nc1cc(C(=O)NCC2CCN(Cc3cnc(-c4ccccn4)s3)CC2)nc(N2CCC2)c1N. The van der Waals surface area contributed by atoms with Crippen molar-refractivity contribution in [3.8, 4) is 10.7 Å². The molecule has 0 radical (unpaired) electrons. The summed E-state index contributed by atoms with van der Waals surface area (Å²) in [4.78, 5) is 31.9. The van der Waals surface area contributed by atoms with Crippen LogP contribution in [0, 0.1) is 5.92 Å². The van der Waals surface area contributed by atoms with Crippen LogP contribution in [0.3, 0.4) is 0 Å². The van der Waals surface area contributed by atoms with Gasteiger partial charge in [0.25, 0.3) is 5.91 Å². The summed E-state index contributed by atoms with van der Waals surface area (Å²) in [6, 6.07) is 7.46. The summed E-state index contributed by atoms with van der Waals surface area (Å²) in [6.07, 6.45) is 6.94. The van der Waals surface area contributed by atoms with Crippen LogP contribution in [0.15, 0.2) is 36.7 Å². The number of carbonyl (C=O) groups excluding carboxylic acids is 1. The molecular weight excluding hydrogens is 448 g/mol. The number of hydrogen-bond donors (Lipinski definition) is 3. The van der Waals surface area contributed by atoms with Crippen molar-refractivity contribution < 1.29 is 4.79 Å². The number of thiazole rings is 1. The Morgan fingerprint density at radius 3 is 2.68 bits per heavy atom. The second-order valence-corrected chi connectivity index (χ2v) is 10.1. The van der Waals surface area contributed by atoms with Gasteiger partial charge in [0.1, 0.15) is 10.7 Å². The van der Waals surface area contributed by atoms with Crippen molar-refractivity contribution in [3.05, 3.63) is 47.2 Å². The molecule has 0 bridgehead atoms. The van der Waals surface area contributed by atoms with Gasteiger partial charge in [0.15, 0.2) is 5.82 Å². The maximum Gasteiger partial charge on any atom is 0.270 e. The van der Waals surface area contributed by atoms with Crippen molar-refractivity contribution in [1.29, 1.82) is 0 Å². The van der Waals surface area contributed by atoms with Crippen molar-refractivity contribution in [2.24, 2.45) is 5.92 Å². The highest BCUT2D eigenvalue weighted by Gasteiger charge is 2.24. The predicted octanol–water partition coefficient (Wildman–Crippen LogP) is 2.62. The van der Waals surface area contributed by atoms with Crippen LogP contribution in [0.5, 0.6) is 0 Å². The molecular formula is C24H30N8OS. The number of pyridine rings is 2. The van der Waals surface area contributed by atoms with Crippen molar-refractivity contribution >= 4 is 34.4 Å². The molecule has 5 rings (SSSR count). The number of nitrogens with one attached hydrogen (secondary N) is 1. The molecule has 3 aromatic heterocycles. The number of nitrogen functional groups attached to an aromatic ring is 2. The number of carbonyl (C=O) groups is 1. The number of piperidine rings is 1. The van der Waals surface area contributed by atoms with Crippen LogP contribution in [-0.2, 0) is 6.54 Å². The van der Waals surface area contributed by atoms with Crippen molar-refractivity contribution in [3.63, 3.8) is 0 Å². The Morgan fingerprint density at radius 2 is 1.97 bits per heavy atom. The molecule has 34 heavy (non-hydrogen) atoms. The lowest BCUT2D eigenvalue weighted by molar-refractivity contribution is 0.0930. The van der Waals surface area contributed by atoms with E-state index in [1.54, 1.807) is 23.6 Å². The number of aromatic nitrogens is 3. The monoisotopic (exact) mass is 478 g/mol. The minimum Gasteiger partial charge on any atom is -0.397 e. The van der Waals surface area contributed by atoms with Crippen LogP contribution in [0.4, 0.5) is 17.2 Å². The zero-order chi connectivity index (χ0) is 23.5. The van der Waals surface area contributed by atoms with E-state index in [4.69, 9.17) is 11.5 Å². The lowest BCUT2D eigenvalue weighted by Gasteiger charge is -2.33. The standard InChI is InChI=1S/C24H30N8OS/c25-18-12-20(30-22(21(18)26)32-8-3-9-32)23(33)28-13-16-5-10-31(11-6-16)15-17-14-29-24(34-17)19-4-1-2-7-27-19/h1-2,4,7,12,14,16H,3,5-6,8-11,13,15,26H2,(H2,25,30)(H,28,33). The molecule has 178 valence electrons. The Hall–Kier alpha value is -3.24. The average Bonchev–Trinajstić information content (AvgIpc) is 3.29. The highest BCUT2D eigenvalue weighted by molar-refractivity contribution is 7.14. The molecule has 9 nitrogen and oxygen atoms in total. The van der Waals surface area contributed by atoms with E-state index < -0.39 is 0 Å². The van der Waals surface area contributed by atoms with Crippen LogP contribution >= 0.6 is 11.3 Å². The fourth-order valence-electron chi connectivity index (χ4n) is 4.33. The first-order chi connectivity index (χ1) is 16.6. The van der Waals surface area contributed by atoms with Gasteiger partial charge < -0.3 is 21.7 Å². The number of anilines is 3. The molecule has 0 spiro atoms. The number of likely N-dealkylation sites (tertiary alicyclic amines) is 1. The van der Waals surface area contributed by atoms with Gasteiger partial charge in [-0.25, -0.2) is 9.97 Å². The van der Waals surface area contributed by atoms with E-state index in [-0.39, 0.29) is 5.91 Å². The smallest absolute Gasteiger partial charge is 0.270 e. The number of rotatable bonds is 7. The summed E-state index contributed by atoms with van der Waals surface area (Å²) in [5.74, 6) is 0.883. The van der Waals surface area contributed by atoms with Gasteiger partial charge in [-0.2, -0.15) is 0 Å². The number of hydrogen-bond acceptors (Lipinski definition) is 9. The van der Waals surface area contributed by atoms with Gasteiger partial charge in [-0.3, -0.25) is 14.7 Å². The molecule has 2 fully saturated rings. The lowest BCUT2D eigenvalue weighted by atomic mass is 9.96. The Kier molecular flexibility index (Phi) is 6.59. The minimum absolute atomic E-state index is 0.192. The van der Waals surface area contributed by atoms with Gasteiger partial charge in [0, 0.05) is 43.4 Å². The fourth-order valence-corrected chi connectivity index (χ4v) is 5.26. The maximum absolute atomic E-state index is 12.7. The summed E-state index contributed by atoms with van der Waals surface area (Å²) < 4.78 is 0. The van der Waals surface area contributed by atoms with Crippen molar-refractivity contribution in [1.82, 2.24) is 25.2 Å². The fraction of sp³-hybridized carbons (Fsp3) is 0.417. The Labute approximate surface area is 203 Å². The van der Waals surface area contributed by atoms with Crippen molar-refractivity contribution in [2.75, 3.05) is 49.1 Å². The molecule has 5 heterocycles. The summed E-state index contributed by atoms with van der Waals surface area (Å²) in [7, 11) is 0. The Bertz CT molecular complexity index is 1140. The molecule has 2 aliphatic rings. The van der Waals surface area contributed by atoms with E-state index in [1.165, 1.54) is 4.88 Å². The van der Waals surface area contributed by atoms with E-state index in [0.29, 0.717) is 35.3 Å². The normalized spacial score (nSPS) is 16.9. The Balaban J connectivity index is 1.10. The molecule has 0 unspecified atom stereocenters. The van der Waals surface area contributed by atoms with Gasteiger partial charge in [-0.05, 0) is 56.5 Å². The highest BCUT2D eigenvalue weighted by atomic mass is 32.1. The average molecular weight is 479 g/mol. The third-order valence-electron chi connectivity index (χ3n) is 6.53. The summed E-state index contributed by atoms with van der Waals surface area (Å²) >= 11 is 1.70. The van der Waals surface area contributed by atoms with Crippen LogP contribution in [-0.4, -0.2) is 58.5 Å². The topological polar surface area (TPSA) is 126 Å². The number of amides is 1. The second kappa shape index (κ2) is 9.94. The molecule has 0 aromatic carbocycles. The van der Waals surface area contributed by atoms with E-state index in [9.17, 15) is 4.79 Å². The molecule has 0 aliphatic carbocycles. The van der Waals surface area contributed by atoms with Crippen LogP contribution in [0.2, 0.25) is 0 Å². The lowest BCUT2D eigenvalue weighted by Crippen LogP contribution is -2.40. The molecule has 1 amide bonds. The molecule has 10 heteroatoms. The number of nitrogens with two attached hydrogens (primary N) is 2. The molecule has 0 saturated carbocycles. The maximum atomic E-state index is 12.7. The third-order valence-corrected chi connectivity index (χ3v) is 7.54. The van der Waals surface area contributed by atoms with Gasteiger partial charge in [-0.15, -0.1) is 11.3 Å². The van der Waals surface area contributed by atoms with Crippen molar-refractivity contribution in [2.45, 2.75) is 25.8 Å². The van der Waals surface area contributed by atoms with Gasteiger partial charge >= 0.3 is 0 Å². The zero-order valence-electron chi connectivity index (χ0n) is 19.1. The summed E-state index contributed by atoms with van der Waals surface area (Å²) in [5.41, 5.74) is 14.2. The van der Waals surface area contributed by atoms with E-state index >= 15 is 0 Å². The first-order valence-corrected chi connectivity index (χ1v) is 12.6. The first kappa shape index (κ1) is 22.5. The second-order valence-electron chi connectivity index (χ2n) is 8.95. The highest BCUT2D eigenvalue weighted by Crippen LogP contribution is 2.30. The van der Waals surface area contributed by atoms with E-state index in [0.717, 1.165) is 62.7 Å². The van der Waals surface area contributed by atoms with E-state index in [2.05, 4.69) is 30.1 Å². The van der Waals surface area contributed by atoms with Gasteiger partial charge in [-0.1, -0.05) is 6.07 Å². The molecule has 0 atom stereocenters. The summed E-state index contributed by atoms with van der Waals surface area (Å²) in [6.45, 7) is 5.34. The molecule has 5 N–H and O–H groups in total. The first-order valence-electron chi connectivity index (χ1n) is 11.7. The van der Waals surface area contributed by atoms with Crippen LogP contribution in [0.25, 0.3) is 10.7 Å². The largest absolute Gasteiger partial charge is 0.397 e. The quantitative estimate of drug-likeness (QED) is 0.473. The van der Waals surface area contributed by atoms with E-state index in [1.807, 2.05) is 24.4 Å². The third kappa shape index (κ3) is 4.97. The zero-order valence-corrected chi connectivity index (χ0v) is 19.9. The predicted molar refractivity (Wildman–Crippen MR) is 136 cm³/mol. The van der Waals surface area contributed by atoms with Gasteiger partial charge in [0.05, 0.1) is 17.1 Å². The molecule has 3 aromatic rings. The molecule has 2 aliphatic heterocycles. The van der Waals surface area contributed by atoms with Gasteiger partial charge in [0.2, 0.25) is 0 Å². The number of nitrogens with zero attached hydrogens (tertiary/aromatic N) is 5. The summed E-state index contributed by atoms with van der Waals surface area (Å²) in [5, 5.41) is 4.01. The Morgan fingerprint density at radius 1 is 1.15 bits per heavy atom. The molecule has 2 saturated heterocycles. The minimum atomic E-state index is -0.192.